The summed E-state index contributed by atoms with van der Waals surface area (Å²) in [6.45, 7) is 7.20. The van der Waals surface area contributed by atoms with Crippen LogP contribution in [0.3, 0.4) is 0 Å². The van der Waals surface area contributed by atoms with Gasteiger partial charge in [-0.25, -0.2) is 0 Å². The predicted molar refractivity (Wildman–Crippen MR) is 76.2 cm³/mol. The summed E-state index contributed by atoms with van der Waals surface area (Å²) in [5.74, 6) is 0. The normalized spacial score (nSPS) is 13.0. The van der Waals surface area contributed by atoms with Gasteiger partial charge in [-0.2, -0.15) is 5.26 Å². The van der Waals surface area contributed by atoms with Crippen molar-refractivity contribution >= 4 is 0 Å². The minimum atomic E-state index is -0.190. The van der Waals surface area contributed by atoms with Crippen molar-refractivity contribution in [2.24, 2.45) is 5.41 Å². The smallest absolute Gasteiger partial charge is 0.0683 e. The topological polar surface area (TPSA) is 35.8 Å². The number of nitriles is 1. The van der Waals surface area contributed by atoms with E-state index in [4.69, 9.17) is 5.26 Å². The first-order valence-electron chi connectivity index (χ1n) is 6.72. The molecule has 0 radical (unpaired) electrons. The third-order valence-electron chi connectivity index (χ3n) is 3.16. The molecule has 0 aliphatic carbocycles. The third-order valence-corrected chi connectivity index (χ3v) is 3.16. The van der Waals surface area contributed by atoms with Crippen LogP contribution in [0, 0.1) is 16.7 Å². The summed E-state index contributed by atoms with van der Waals surface area (Å²) in [4.78, 5) is 0. The van der Waals surface area contributed by atoms with E-state index >= 15 is 0 Å². The Balaban J connectivity index is 2.19. The minimum Gasteiger partial charge on any atom is -0.314 e. The van der Waals surface area contributed by atoms with Crippen LogP contribution in [-0.2, 0) is 6.42 Å². The highest BCUT2D eigenvalue weighted by Gasteiger charge is 2.15. The Kier molecular flexibility index (Phi) is 5.88. The Morgan fingerprint density at radius 3 is 2.56 bits per heavy atom. The zero-order valence-corrected chi connectivity index (χ0v) is 11.7. The summed E-state index contributed by atoms with van der Waals surface area (Å²) < 4.78 is 0. The fourth-order valence-electron chi connectivity index (χ4n) is 1.97. The van der Waals surface area contributed by atoms with Gasteiger partial charge in [0.1, 0.15) is 0 Å². The van der Waals surface area contributed by atoms with E-state index in [1.54, 1.807) is 0 Å². The second-order valence-electron chi connectivity index (χ2n) is 5.64. The molecule has 0 amide bonds. The molecular weight excluding hydrogens is 220 g/mol. The first-order valence-corrected chi connectivity index (χ1v) is 6.72. The molecule has 1 rings (SSSR count). The van der Waals surface area contributed by atoms with Gasteiger partial charge in [0.15, 0.2) is 0 Å². The fraction of sp³-hybridized carbons (Fsp3) is 0.562. The first kappa shape index (κ1) is 14.7. The van der Waals surface area contributed by atoms with Crippen LogP contribution in [0.25, 0.3) is 0 Å². The Morgan fingerprint density at radius 2 is 1.94 bits per heavy atom. The lowest BCUT2D eigenvalue weighted by molar-refractivity contribution is 0.415. The van der Waals surface area contributed by atoms with Crippen molar-refractivity contribution < 1.29 is 0 Å². The van der Waals surface area contributed by atoms with Gasteiger partial charge in [-0.3, -0.25) is 0 Å². The Bertz CT molecular complexity index is 376. The standard InChI is InChI=1S/C16H24N2/c1-14(12-15-8-5-4-6-9-15)18-11-7-10-16(2,3)13-17/h4-6,8-9,14,18H,7,10-12H2,1-3H3. The second-order valence-corrected chi connectivity index (χ2v) is 5.64. The summed E-state index contributed by atoms with van der Waals surface area (Å²) in [5, 5.41) is 12.4. The van der Waals surface area contributed by atoms with Gasteiger partial charge in [0.05, 0.1) is 11.5 Å². The van der Waals surface area contributed by atoms with Gasteiger partial charge in [0.2, 0.25) is 0 Å². The summed E-state index contributed by atoms with van der Waals surface area (Å²) in [6, 6.07) is 13.4. The maximum Gasteiger partial charge on any atom is 0.0683 e. The van der Waals surface area contributed by atoms with E-state index < -0.39 is 0 Å². The lowest BCUT2D eigenvalue weighted by Crippen LogP contribution is -2.29. The molecule has 0 bridgehead atoms. The lowest BCUT2D eigenvalue weighted by Gasteiger charge is -2.17. The molecule has 0 aromatic heterocycles. The monoisotopic (exact) mass is 244 g/mol. The quantitative estimate of drug-likeness (QED) is 0.745. The highest BCUT2D eigenvalue weighted by atomic mass is 14.9. The van der Waals surface area contributed by atoms with Gasteiger partial charge in [0, 0.05) is 6.04 Å². The number of benzene rings is 1. The van der Waals surface area contributed by atoms with Crippen molar-refractivity contribution in [2.45, 2.75) is 46.1 Å². The molecule has 0 aliphatic heterocycles. The van der Waals surface area contributed by atoms with Gasteiger partial charge in [-0.05, 0) is 52.1 Å². The van der Waals surface area contributed by atoms with Gasteiger partial charge >= 0.3 is 0 Å². The molecule has 0 heterocycles. The molecule has 1 unspecified atom stereocenters. The molecule has 1 N–H and O–H groups in total. The van der Waals surface area contributed by atoms with Crippen molar-refractivity contribution in [3.05, 3.63) is 35.9 Å². The van der Waals surface area contributed by atoms with E-state index in [0.717, 1.165) is 25.8 Å². The van der Waals surface area contributed by atoms with Gasteiger partial charge in [-0.15, -0.1) is 0 Å². The van der Waals surface area contributed by atoms with E-state index in [2.05, 4.69) is 42.6 Å². The van der Waals surface area contributed by atoms with Crippen molar-refractivity contribution in [3.63, 3.8) is 0 Å². The first-order chi connectivity index (χ1) is 8.53. The molecule has 2 nitrogen and oxygen atoms in total. The predicted octanol–water partition coefficient (Wildman–Crippen LogP) is 3.54. The zero-order chi connectivity index (χ0) is 13.4. The van der Waals surface area contributed by atoms with Crippen molar-refractivity contribution in [2.75, 3.05) is 6.54 Å². The van der Waals surface area contributed by atoms with Crippen LogP contribution in [0.2, 0.25) is 0 Å². The molecule has 0 aliphatic rings. The molecule has 0 fully saturated rings. The van der Waals surface area contributed by atoms with Gasteiger partial charge in [0.25, 0.3) is 0 Å². The Labute approximate surface area is 111 Å². The number of rotatable bonds is 7. The summed E-state index contributed by atoms with van der Waals surface area (Å²) in [5.41, 5.74) is 1.18. The molecule has 0 saturated heterocycles. The molecule has 18 heavy (non-hydrogen) atoms. The van der Waals surface area contributed by atoms with E-state index in [1.807, 2.05) is 19.9 Å². The highest BCUT2D eigenvalue weighted by Crippen LogP contribution is 2.19. The Hall–Kier alpha value is -1.33. The molecule has 98 valence electrons. The molecular formula is C16H24N2. The Morgan fingerprint density at radius 1 is 1.28 bits per heavy atom. The summed E-state index contributed by atoms with van der Waals surface area (Å²) in [7, 11) is 0. The third kappa shape index (κ3) is 5.84. The molecule has 2 heteroatoms. The van der Waals surface area contributed by atoms with Crippen molar-refractivity contribution in [1.29, 1.82) is 5.26 Å². The van der Waals surface area contributed by atoms with E-state index in [9.17, 15) is 0 Å². The van der Waals surface area contributed by atoms with E-state index in [-0.39, 0.29) is 5.41 Å². The second kappa shape index (κ2) is 7.18. The molecule has 1 atom stereocenters. The number of hydrogen-bond donors (Lipinski definition) is 1. The summed E-state index contributed by atoms with van der Waals surface area (Å²) >= 11 is 0. The average molecular weight is 244 g/mol. The van der Waals surface area contributed by atoms with Crippen LogP contribution >= 0.6 is 0 Å². The maximum atomic E-state index is 8.93. The minimum absolute atomic E-state index is 0.190. The number of hydrogen-bond acceptors (Lipinski definition) is 2. The van der Waals surface area contributed by atoms with Crippen LogP contribution in [0.1, 0.15) is 39.2 Å². The van der Waals surface area contributed by atoms with Crippen LogP contribution in [-0.4, -0.2) is 12.6 Å². The molecule has 1 aromatic rings. The van der Waals surface area contributed by atoms with Gasteiger partial charge in [-0.1, -0.05) is 30.3 Å². The van der Waals surface area contributed by atoms with Crippen LogP contribution in [0.4, 0.5) is 0 Å². The zero-order valence-electron chi connectivity index (χ0n) is 11.7. The van der Waals surface area contributed by atoms with Crippen molar-refractivity contribution in [1.82, 2.24) is 5.32 Å². The number of nitrogens with zero attached hydrogens (tertiary/aromatic N) is 1. The highest BCUT2D eigenvalue weighted by molar-refractivity contribution is 5.15. The lowest BCUT2D eigenvalue weighted by atomic mass is 9.90. The summed E-state index contributed by atoms with van der Waals surface area (Å²) in [6.07, 6.45) is 3.07. The van der Waals surface area contributed by atoms with Crippen LogP contribution < -0.4 is 5.32 Å². The van der Waals surface area contributed by atoms with Crippen LogP contribution in [0.5, 0.6) is 0 Å². The molecule has 1 aromatic carbocycles. The van der Waals surface area contributed by atoms with E-state index in [0.29, 0.717) is 6.04 Å². The van der Waals surface area contributed by atoms with Crippen molar-refractivity contribution in [3.8, 4) is 6.07 Å². The molecule has 0 spiro atoms. The molecule has 0 saturated carbocycles. The largest absolute Gasteiger partial charge is 0.314 e. The SMILES string of the molecule is CC(Cc1ccccc1)NCCCC(C)(C)C#N. The average Bonchev–Trinajstić information content (AvgIpc) is 2.36. The van der Waals surface area contributed by atoms with E-state index in [1.165, 1.54) is 5.56 Å². The van der Waals surface area contributed by atoms with Crippen LogP contribution in [0.15, 0.2) is 30.3 Å². The fourth-order valence-corrected chi connectivity index (χ4v) is 1.97. The maximum absolute atomic E-state index is 8.93. The number of nitrogens with one attached hydrogen (secondary N) is 1. The van der Waals surface area contributed by atoms with Gasteiger partial charge < -0.3 is 5.32 Å².